The minimum Gasteiger partial charge on any atom is -0.354 e. The van der Waals surface area contributed by atoms with E-state index in [0.29, 0.717) is 19.5 Å². The summed E-state index contributed by atoms with van der Waals surface area (Å²) >= 11 is 1.59. The van der Waals surface area contributed by atoms with Gasteiger partial charge in [0.15, 0.2) is 0 Å². The maximum Gasteiger partial charge on any atom is 0.242 e. The Bertz CT molecular complexity index is 584. The van der Waals surface area contributed by atoms with Crippen molar-refractivity contribution in [2.75, 3.05) is 52.9 Å². The molecule has 0 bridgehead atoms. The van der Waals surface area contributed by atoms with E-state index in [1.807, 2.05) is 17.5 Å². The summed E-state index contributed by atoms with van der Waals surface area (Å²) < 4.78 is 0. The Balaban J connectivity index is 1.38. The Morgan fingerprint density at radius 1 is 1.23 bits per heavy atom. The Morgan fingerprint density at radius 3 is 2.77 bits per heavy atom. The quantitative estimate of drug-likeness (QED) is 0.720. The standard InChI is InChI=1S/C19H30N4O2S/c1-21-10-12-22(13-11-21)8-4-7-20-19(25)17-6-2-9-23(17)18(24)15-16-5-3-14-26-16/h3,5,14,17H,2,4,6-13,15H2,1H3,(H,20,25)/t17-/m1/s1. The lowest BCUT2D eigenvalue weighted by atomic mass is 10.2. The molecule has 1 N–H and O–H groups in total. The summed E-state index contributed by atoms with van der Waals surface area (Å²) in [6, 6.07) is 3.65. The fourth-order valence-electron chi connectivity index (χ4n) is 3.71. The number of carbonyl (C=O) groups is 2. The first-order valence-corrected chi connectivity index (χ1v) is 10.5. The zero-order chi connectivity index (χ0) is 18.4. The van der Waals surface area contributed by atoms with Crippen LogP contribution in [0.3, 0.4) is 0 Å². The van der Waals surface area contributed by atoms with Gasteiger partial charge in [-0.1, -0.05) is 6.07 Å². The summed E-state index contributed by atoms with van der Waals surface area (Å²) in [7, 11) is 2.16. The van der Waals surface area contributed by atoms with Gasteiger partial charge in [-0.05, 0) is 44.3 Å². The average molecular weight is 379 g/mol. The van der Waals surface area contributed by atoms with Crippen molar-refractivity contribution in [3.05, 3.63) is 22.4 Å². The molecule has 6 nitrogen and oxygen atoms in total. The summed E-state index contributed by atoms with van der Waals surface area (Å²) in [4.78, 5) is 32.7. The van der Waals surface area contributed by atoms with Crippen LogP contribution < -0.4 is 5.32 Å². The number of carbonyl (C=O) groups excluding carboxylic acids is 2. The van der Waals surface area contributed by atoms with E-state index in [2.05, 4.69) is 22.2 Å². The number of piperazine rings is 1. The van der Waals surface area contributed by atoms with Crippen molar-refractivity contribution in [1.29, 1.82) is 0 Å². The summed E-state index contributed by atoms with van der Waals surface area (Å²) in [6.07, 6.45) is 3.06. The van der Waals surface area contributed by atoms with E-state index < -0.39 is 0 Å². The Kier molecular flexibility index (Phi) is 7.05. The van der Waals surface area contributed by atoms with Gasteiger partial charge in [0.05, 0.1) is 6.42 Å². The summed E-state index contributed by atoms with van der Waals surface area (Å²) in [5.41, 5.74) is 0. The van der Waals surface area contributed by atoms with Crippen LogP contribution in [0.15, 0.2) is 17.5 Å². The van der Waals surface area contributed by atoms with Crippen LogP contribution in [0.5, 0.6) is 0 Å². The van der Waals surface area contributed by atoms with Crippen molar-refractivity contribution in [3.63, 3.8) is 0 Å². The lowest BCUT2D eigenvalue weighted by Gasteiger charge is -2.32. The topological polar surface area (TPSA) is 55.9 Å². The van der Waals surface area contributed by atoms with E-state index in [-0.39, 0.29) is 17.9 Å². The number of hydrogen-bond donors (Lipinski definition) is 1. The number of rotatable bonds is 7. The van der Waals surface area contributed by atoms with E-state index in [1.54, 1.807) is 16.2 Å². The number of thiophene rings is 1. The smallest absolute Gasteiger partial charge is 0.242 e. The highest BCUT2D eigenvalue weighted by Crippen LogP contribution is 2.20. The summed E-state index contributed by atoms with van der Waals surface area (Å²) in [6.45, 7) is 6.87. The molecule has 0 aromatic carbocycles. The highest BCUT2D eigenvalue weighted by molar-refractivity contribution is 7.10. The molecule has 2 aliphatic heterocycles. The summed E-state index contributed by atoms with van der Waals surface area (Å²) in [5, 5.41) is 5.03. The first-order valence-electron chi connectivity index (χ1n) is 9.64. The van der Waals surface area contributed by atoms with Crippen LogP contribution in [0.4, 0.5) is 0 Å². The van der Waals surface area contributed by atoms with Gasteiger partial charge in [0.2, 0.25) is 11.8 Å². The predicted octanol–water partition coefficient (Wildman–Crippen LogP) is 1.04. The van der Waals surface area contributed by atoms with E-state index in [0.717, 1.165) is 56.9 Å². The highest BCUT2D eigenvalue weighted by Gasteiger charge is 2.33. The van der Waals surface area contributed by atoms with Crippen LogP contribution >= 0.6 is 11.3 Å². The molecule has 2 saturated heterocycles. The Hall–Kier alpha value is -1.44. The van der Waals surface area contributed by atoms with E-state index in [9.17, 15) is 9.59 Å². The van der Waals surface area contributed by atoms with Gasteiger partial charge in [0, 0.05) is 44.1 Å². The molecule has 1 aromatic heterocycles. The lowest BCUT2D eigenvalue weighted by molar-refractivity contribution is -0.137. The number of nitrogens with zero attached hydrogens (tertiary/aromatic N) is 3. The van der Waals surface area contributed by atoms with Crippen molar-refractivity contribution in [1.82, 2.24) is 20.0 Å². The highest BCUT2D eigenvalue weighted by atomic mass is 32.1. The maximum absolute atomic E-state index is 12.5. The van der Waals surface area contributed by atoms with Crippen LogP contribution in [0.25, 0.3) is 0 Å². The number of likely N-dealkylation sites (tertiary alicyclic amines) is 1. The molecular weight excluding hydrogens is 348 g/mol. The summed E-state index contributed by atoms with van der Waals surface area (Å²) in [5.74, 6) is 0.0861. The number of amides is 2. The van der Waals surface area contributed by atoms with Gasteiger partial charge >= 0.3 is 0 Å². The van der Waals surface area contributed by atoms with Crippen LogP contribution in [0, 0.1) is 0 Å². The van der Waals surface area contributed by atoms with E-state index in [4.69, 9.17) is 0 Å². The minimum atomic E-state index is -0.286. The zero-order valence-corrected chi connectivity index (χ0v) is 16.5. The molecule has 1 atom stereocenters. The third kappa shape index (κ3) is 5.28. The van der Waals surface area contributed by atoms with Gasteiger partial charge in [-0.2, -0.15) is 0 Å². The van der Waals surface area contributed by atoms with Crippen molar-refractivity contribution >= 4 is 23.2 Å². The molecule has 7 heteroatoms. The second-order valence-corrected chi connectivity index (χ2v) is 8.32. The van der Waals surface area contributed by atoms with Crippen molar-refractivity contribution in [2.45, 2.75) is 31.7 Å². The molecular formula is C19H30N4O2S. The lowest BCUT2D eigenvalue weighted by Crippen LogP contribution is -2.47. The molecule has 144 valence electrons. The SMILES string of the molecule is CN1CCN(CCCNC(=O)[C@H]2CCCN2C(=O)Cc2cccs2)CC1. The molecule has 2 aliphatic rings. The number of nitrogens with one attached hydrogen (secondary N) is 1. The average Bonchev–Trinajstić information content (AvgIpc) is 3.31. The zero-order valence-electron chi connectivity index (χ0n) is 15.7. The predicted molar refractivity (Wildman–Crippen MR) is 104 cm³/mol. The molecule has 0 aliphatic carbocycles. The van der Waals surface area contributed by atoms with Crippen molar-refractivity contribution in [3.8, 4) is 0 Å². The largest absolute Gasteiger partial charge is 0.354 e. The third-order valence-electron chi connectivity index (χ3n) is 5.33. The maximum atomic E-state index is 12.5. The Labute approximate surface area is 160 Å². The number of likely N-dealkylation sites (N-methyl/N-ethyl adjacent to an activating group) is 1. The van der Waals surface area contributed by atoms with Gasteiger partial charge in [-0.25, -0.2) is 0 Å². The van der Waals surface area contributed by atoms with Gasteiger partial charge in [0.1, 0.15) is 6.04 Å². The third-order valence-corrected chi connectivity index (χ3v) is 6.20. The monoisotopic (exact) mass is 378 g/mol. The van der Waals surface area contributed by atoms with Crippen LogP contribution in [0.1, 0.15) is 24.1 Å². The Morgan fingerprint density at radius 2 is 2.04 bits per heavy atom. The molecule has 26 heavy (non-hydrogen) atoms. The fourth-order valence-corrected chi connectivity index (χ4v) is 4.40. The fraction of sp³-hybridized carbons (Fsp3) is 0.684. The molecule has 2 amide bonds. The van der Waals surface area contributed by atoms with Crippen molar-refractivity contribution in [2.24, 2.45) is 0 Å². The molecule has 0 unspecified atom stereocenters. The first-order chi connectivity index (χ1) is 12.6. The van der Waals surface area contributed by atoms with Crippen molar-refractivity contribution < 1.29 is 9.59 Å². The van der Waals surface area contributed by atoms with Gasteiger partial charge in [-0.3, -0.25) is 9.59 Å². The van der Waals surface area contributed by atoms with Crippen LogP contribution in [-0.4, -0.2) is 85.4 Å². The molecule has 0 spiro atoms. The first kappa shape index (κ1) is 19.3. The van der Waals surface area contributed by atoms with Gasteiger partial charge in [0.25, 0.3) is 0 Å². The van der Waals surface area contributed by atoms with E-state index >= 15 is 0 Å². The minimum absolute atomic E-state index is 0.0143. The molecule has 0 saturated carbocycles. The van der Waals surface area contributed by atoms with Gasteiger partial charge < -0.3 is 20.0 Å². The second-order valence-electron chi connectivity index (χ2n) is 7.29. The van der Waals surface area contributed by atoms with Gasteiger partial charge in [-0.15, -0.1) is 11.3 Å². The second kappa shape index (κ2) is 9.48. The van der Waals surface area contributed by atoms with E-state index in [1.165, 1.54) is 0 Å². The van der Waals surface area contributed by atoms with Crippen LogP contribution in [-0.2, 0) is 16.0 Å². The molecule has 3 rings (SSSR count). The molecule has 3 heterocycles. The molecule has 0 radical (unpaired) electrons. The molecule has 2 fully saturated rings. The van der Waals surface area contributed by atoms with Crippen LogP contribution in [0.2, 0.25) is 0 Å². The normalized spacial score (nSPS) is 21.9. The molecule has 1 aromatic rings. The number of hydrogen-bond acceptors (Lipinski definition) is 5.